The van der Waals surface area contributed by atoms with Gasteiger partial charge in [0.15, 0.2) is 17.3 Å². The lowest BCUT2D eigenvalue weighted by molar-refractivity contribution is 0.355. The maximum Gasteiger partial charge on any atom is 0.210 e. The van der Waals surface area contributed by atoms with Crippen LogP contribution in [0.3, 0.4) is 0 Å². The summed E-state index contributed by atoms with van der Waals surface area (Å²) >= 11 is 1.51. The van der Waals surface area contributed by atoms with Crippen molar-refractivity contribution in [3.63, 3.8) is 0 Å². The third-order valence-corrected chi connectivity index (χ3v) is 4.85. The first-order valence-electron chi connectivity index (χ1n) is 7.85. The van der Waals surface area contributed by atoms with E-state index in [1.807, 2.05) is 42.5 Å². The molecule has 0 aliphatic carbocycles. The van der Waals surface area contributed by atoms with Crippen molar-refractivity contribution in [2.75, 3.05) is 27.2 Å². The Balaban J connectivity index is 1.77. The van der Waals surface area contributed by atoms with Gasteiger partial charge in [-0.1, -0.05) is 23.9 Å². The van der Waals surface area contributed by atoms with Crippen LogP contribution in [0.5, 0.6) is 17.2 Å². The fraction of sp³-hybridized carbons (Fsp3) is 0.222. The summed E-state index contributed by atoms with van der Waals surface area (Å²) in [4.78, 5) is 0. The topological polar surface area (TPSA) is 84.4 Å². The van der Waals surface area contributed by atoms with Gasteiger partial charge in [-0.25, -0.2) is 4.68 Å². The average molecular weight is 372 g/mol. The molecule has 3 rings (SSSR count). The van der Waals surface area contributed by atoms with E-state index in [4.69, 9.17) is 20.1 Å². The molecule has 0 aliphatic heterocycles. The third-order valence-electron chi connectivity index (χ3n) is 3.83. The first-order chi connectivity index (χ1) is 12.7. The predicted molar refractivity (Wildman–Crippen MR) is 101 cm³/mol. The van der Waals surface area contributed by atoms with Crippen molar-refractivity contribution in [3.05, 3.63) is 48.0 Å². The van der Waals surface area contributed by atoms with E-state index in [0.717, 1.165) is 22.6 Å². The minimum atomic E-state index is 0.559. The zero-order chi connectivity index (χ0) is 18.5. The van der Waals surface area contributed by atoms with Crippen LogP contribution in [0.25, 0.3) is 11.4 Å². The Bertz CT molecular complexity index is 881. The number of thioether (sulfide) groups is 1. The molecular weight excluding hydrogens is 352 g/mol. The fourth-order valence-corrected chi connectivity index (χ4v) is 3.23. The molecule has 0 atom stereocenters. The van der Waals surface area contributed by atoms with E-state index in [1.54, 1.807) is 21.3 Å². The molecule has 0 bridgehead atoms. The second-order valence-electron chi connectivity index (χ2n) is 5.38. The van der Waals surface area contributed by atoms with Gasteiger partial charge in [-0.05, 0) is 35.9 Å². The van der Waals surface area contributed by atoms with Crippen LogP contribution >= 0.6 is 11.8 Å². The Hall–Kier alpha value is -2.87. The molecule has 0 saturated carbocycles. The van der Waals surface area contributed by atoms with E-state index >= 15 is 0 Å². The molecule has 0 radical (unpaired) electrons. The van der Waals surface area contributed by atoms with Crippen molar-refractivity contribution >= 4 is 11.8 Å². The number of ether oxygens (including phenoxy) is 3. The Labute approximate surface area is 156 Å². The van der Waals surface area contributed by atoms with Crippen molar-refractivity contribution in [3.8, 4) is 28.6 Å². The van der Waals surface area contributed by atoms with Crippen LogP contribution in [0.2, 0.25) is 0 Å². The average Bonchev–Trinajstić information content (AvgIpc) is 3.06. The monoisotopic (exact) mass is 372 g/mol. The van der Waals surface area contributed by atoms with Gasteiger partial charge < -0.3 is 20.1 Å². The largest absolute Gasteiger partial charge is 0.497 e. The number of hydrogen-bond acceptors (Lipinski definition) is 7. The van der Waals surface area contributed by atoms with E-state index in [2.05, 4.69) is 10.2 Å². The van der Waals surface area contributed by atoms with Gasteiger partial charge >= 0.3 is 0 Å². The number of methoxy groups -OCH3 is 3. The van der Waals surface area contributed by atoms with Gasteiger partial charge in [0.25, 0.3) is 0 Å². The van der Waals surface area contributed by atoms with Gasteiger partial charge in [-0.3, -0.25) is 0 Å². The molecule has 0 fully saturated rings. The maximum absolute atomic E-state index is 6.19. The highest BCUT2D eigenvalue weighted by atomic mass is 32.2. The molecule has 7 nitrogen and oxygen atoms in total. The number of nitrogens with zero attached hydrogens (tertiary/aromatic N) is 3. The quantitative estimate of drug-likeness (QED) is 0.504. The lowest BCUT2D eigenvalue weighted by Gasteiger charge is -2.09. The predicted octanol–water partition coefficient (Wildman–Crippen LogP) is 2.98. The van der Waals surface area contributed by atoms with Gasteiger partial charge in [-0.2, -0.15) is 0 Å². The number of nitrogens with two attached hydrogens (primary N) is 1. The number of benzene rings is 2. The number of hydrogen-bond donors (Lipinski definition) is 1. The van der Waals surface area contributed by atoms with Crippen LogP contribution in [-0.4, -0.2) is 36.2 Å². The van der Waals surface area contributed by atoms with Gasteiger partial charge in [0.05, 0.1) is 21.3 Å². The molecule has 0 unspecified atom stereocenters. The summed E-state index contributed by atoms with van der Waals surface area (Å²) in [7, 11) is 4.83. The van der Waals surface area contributed by atoms with Gasteiger partial charge in [0.2, 0.25) is 5.16 Å². The minimum Gasteiger partial charge on any atom is -0.497 e. The van der Waals surface area contributed by atoms with Crippen LogP contribution in [-0.2, 0) is 5.75 Å². The molecule has 0 amide bonds. The molecule has 0 spiro atoms. The van der Waals surface area contributed by atoms with E-state index < -0.39 is 0 Å². The normalized spacial score (nSPS) is 10.6. The molecule has 2 aromatic carbocycles. The highest BCUT2D eigenvalue weighted by Crippen LogP contribution is 2.32. The summed E-state index contributed by atoms with van der Waals surface area (Å²) in [5.74, 6) is 9.56. The summed E-state index contributed by atoms with van der Waals surface area (Å²) in [5, 5.41) is 9.03. The van der Waals surface area contributed by atoms with Crippen molar-refractivity contribution in [1.29, 1.82) is 0 Å². The molecule has 0 saturated heterocycles. The molecule has 26 heavy (non-hydrogen) atoms. The Morgan fingerprint density at radius 3 is 2.31 bits per heavy atom. The molecule has 1 aromatic heterocycles. The van der Waals surface area contributed by atoms with Gasteiger partial charge in [0, 0.05) is 11.3 Å². The van der Waals surface area contributed by atoms with E-state index in [-0.39, 0.29) is 0 Å². The second-order valence-corrected chi connectivity index (χ2v) is 6.33. The summed E-state index contributed by atoms with van der Waals surface area (Å²) in [6, 6.07) is 13.4. The van der Waals surface area contributed by atoms with Crippen LogP contribution in [0.15, 0.2) is 47.6 Å². The summed E-state index contributed by atoms with van der Waals surface area (Å²) < 4.78 is 17.2. The Morgan fingerprint density at radius 2 is 1.65 bits per heavy atom. The van der Waals surface area contributed by atoms with Gasteiger partial charge in [0.1, 0.15) is 5.75 Å². The molecule has 0 aliphatic rings. The lowest BCUT2D eigenvalue weighted by atomic mass is 10.2. The number of nitrogen functional groups attached to an aromatic ring is 1. The van der Waals surface area contributed by atoms with Crippen LogP contribution in [0.1, 0.15) is 5.56 Å². The number of rotatable bonds is 7. The van der Waals surface area contributed by atoms with E-state index in [1.165, 1.54) is 16.4 Å². The summed E-state index contributed by atoms with van der Waals surface area (Å²) in [6.07, 6.45) is 0. The smallest absolute Gasteiger partial charge is 0.210 e. The van der Waals surface area contributed by atoms with E-state index in [0.29, 0.717) is 22.5 Å². The van der Waals surface area contributed by atoms with Crippen LogP contribution in [0, 0.1) is 0 Å². The highest BCUT2D eigenvalue weighted by molar-refractivity contribution is 7.98. The second kappa shape index (κ2) is 8.01. The Morgan fingerprint density at radius 1 is 0.923 bits per heavy atom. The third kappa shape index (κ3) is 3.70. The summed E-state index contributed by atoms with van der Waals surface area (Å²) in [5.41, 5.74) is 1.94. The molecular formula is C18H20N4O3S. The minimum absolute atomic E-state index is 0.559. The van der Waals surface area contributed by atoms with Crippen molar-refractivity contribution < 1.29 is 14.2 Å². The van der Waals surface area contributed by atoms with Crippen molar-refractivity contribution in [2.24, 2.45) is 0 Å². The van der Waals surface area contributed by atoms with Crippen molar-refractivity contribution in [1.82, 2.24) is 14.9 Å². The maximum atomic E-state index is 6.19. The molecule has 8 heteroatoms. The Kier molecular flexibility index (Phi) is 5.52. The number of aromatic nitrogens is 3. The molecule has 1 heterocycles. The van der Waals surface area contributed by atoms with Crippen LogP contribution < -0.4 is 20.1 Å². The summed E-state index contributed by atoms with van der Waals surface area (Å²) in [6.45, 7) is 0. The fourth-order valence-electron chi connectivity index (χ4n) is 2.42. The highest BCUT2D eigenvalue weighted by Gasteiger charge is 2.14. The van der Waals surface area contributed by atoms with Crippen molar-refractivity contribution in [2.45, 2.75) is 10.9 Å². The van der Waals surface area contributed by atoms with Gasteiger partial charge in [-0.15, -0.1) is 10.2 Å². The zero-order valence-corrected chi connectivity index (χ0v) is 15.6. The van der Waals surface area contributed by atoms with E-state index in [9.17, 15) is 0 Å². The first kappa shape index (κ1) is 17.9. The molecule has 2 N–H and O–H groups in total. The molecule has 136 valence electrons. The standard InChI is InChI=1S/C18H20N4O3S/c1-23-14-7-4-12(5-8-14)11-26-18-21-20-17(22(18)19)13-6-9-15(24-2)16(10-13)25-3/h4-10H,11,19H2,1-3H3. The zero-order valence-electron chi connectivity index (χ0n) is 14.8. The lowest BCUT2D eigenvalue weighted by Crippen LogP contribution is -2.11. The SMILES string of the molecule is COc1ccc(CSc2nnc(-c3ccc(OC)c(OC)c3)n2N)cc1. The molecule has 3 aromatic rings. The van der Waals surface area contributed by atoms with Crippen LogP contribution in [0.4, 0.5) is 0 Å². The first-order valence-corrected chi connectivity index (χ1v) is 8.83.